The van der Waals surface area contributed by atoms with E-state index in [4.69, 9.17) is 0 Å². The number of nitrogens with one attached hydrogen (secondary N) is 2. The molecule has 1 fully saturated rings. The lowest BCUT2D eigenvalue weighted by molar-refractivity contribution is -0.153. The summed E-state index contributed by atoms with van der Waals surface area (Å²) in [5, 5.41) is 3.87. The fourth-order valence-corrected chi connectivity index (χ4v) is 5.33. The van der Waals surface area contributed by atoms with Gasteiger partial charge in [-0.2, -0.15) is 0 Å². The first-order chi connectivity index (χ1) is 16.8. The van der Waals surface area contributed by atoms with Crippen LogP contribution in [0.1, 0.15) is 47.7 Å². The van der Waals surface area contributed by atoms with Crippen molar-refractivity contribution in [2.75, 3.05) is 0 Å². The zero-order chi connectivity index (χ0) is 24.7. The molecule has 176 valence electrons. The van der Waals surface area contributed by atoms with Crippen molar-refractivity contribution in [2.24, 2.45) is 5.92 Å². The van der Waals surface area contributed by atoms with Crippen LogP contribution >= 0.6 is 0 Å². The highest BCUT2D eigenvalue weighted by atomic mass is 16.2. The molecule has 1 heterocycles. The molecule has 0 spiro atoms. The van der Waals surface area contributed by atoms with Gasteiger partial charge < -0.3 is 10.3 Å². The van der Waals surface area contributed by atoms with Crippen LogP contribution in [0.2, 0.25) is 0 Å². The summed E-state index contributed by atoms with van der Waals surface area (Å²) in [5.41, 5.74) is 4.14. The average Bonchev–Trinajstić information content (AvgIpc) is 3.24. The molecule has 3 aromatic carbocycles. The topological polar surface area (TPSA) is 79.0 Å². The number of aromatic amines is 1. The summed E-state index contributed by atoms with van der Waals surface area (Å²) in [6, 6.07) is 25.2. The lowest BCUT2D eigenvalue weighted by Gasteiger charge is -2.45. The Bertz CT molecular complexity index is 1420. The minimum atomic E-state index is -1.16. The van der Waals surface area contributed by atoms with Gasteiger partial charge in [0.1, 0.15) is 5.41 Å². The summed E-state index contributed by atoms with van der Waals surface area (Å²) in [6.07, 6.45) is 0. The number of rotatable bonds is 6. The van der Waals surface area contributed by atoms with Crippen LogP contribution in [0, 0.1) is 12.8 Å². The van der Waals surface area contributed by atoms with Crippen LogP contribution < -0.4 is 5.32 Å². The summed E-state index contributed by atoms with van der Waals surface area (Å²) in [4.78, 5) is 43.0. The maximum absolute atomic E-state index is 13.9. The van der Waals surface area contributed by atoms with Crippen molar-refractivity contribution in [3.8, 4) is 0 Å². The molecule has 1 amide bonds. The molecule has 1 aliphatic rings. The van der Waals surface area contributed by atoms with E-state index in [1.54, 1.807) is 6.92 Å². The Hall–Kier alpha value is -3.99. The van der Waals surface area contributed by atoms with Gasteiger partial charge in [-0.3, -0.25) is 14.4 Å². The molecule has 4 aromatic rings. The van der Waals surface area contributed by atoms with Gasteiger partial charge in [-0.15, -0.1) is 0 Å². The Morgan fingerprint density at radius 3 is 2.23 bits per heavy atom. The molecular weight excluding hydrogens is 436 g/mol. The quantitative estimate of drug-likeness (QED) is 0.396. The second kappa shape index (κ2) is 8.66. The molecule has 1 atom stereocenters. The standard InChI is InChI=1S/C30H28N2O3/c1-18-13-15-21(16-14-18)30(3)28(34)26(29(30)35)25(20-9-5-4-6-10-20)27-23(17-31-19(2)33)22-11-7-8-12-24(22)32-27/h4-16,25-26,32H,17H2,1-3H3,(H,31,33). The van der Waals surface area contributed by atoms with Crippen molar-refractivity contribution in [1.29, 1.82) is 0 Å². The number of benzene rings is 3. The first-order valence-electron chi connectivity index (χ1n) is 11.9. The van der Waals surface area contributed by atoms with Crippen LogP contribution in [0.15, 0.2) is 78.9 Å². The molecule has 5 rings (SSSR count). The van der Waals surface area contributed by atoms with Gasteiger partial charge in [0.15, 0.2) is 11.6 Å². The molecule has 0 saturated heterocycles. The van der Waals surface area contributed by atoms with E-state index in [9.17, 15) is 14.4 Å². The number of carbonyl (C=O) groups is 3. The average molecular weight is 465 g/mol. The van der Waals surface area contributed by atoms with E-state index < -0.39 is 17.3 Å². The Morgan fingerprint density at radius 2 is 1.57 bits per heavy atom. The number of Topliss-reactive ketones (excluding diaryl/α,β-unsaturated/α-hetero) is 2. The number of aromatic nitrogens is 1. The number of ketones is 2. The molecule has 0 radical (unpaired) electrons. The first kappa shape index (κ1) is 22.8. The lowest BCUT2D eigenvalue weighted by atomic mass is 9.53. The normalized spacial score (nSPS) is 20.5. The van der Waals surface area contributed by atoms with Gasteiger partial charge in [0.05, 0.1) is 5.92 Å². The summed E-state index contributed by atoms with van der Waals surface area (Å²) in [7, 11) is 0. The fraction of sp³-hybridized carbons (Fsp3) is 0.233. The molecule has 1 aliphatic carbocycles. The van der Waals surface area contributed by atoms with Crippen molar-refractivity contribution in [3.63, 3.8) is 0 Å². The van der Waals surface area contributed by atoms with Gasteiger partial charge in [0.25, 0.3) is 0 Å². The minimum Gasteiger partial charge on any atom is -0.358 e. The van der Waals surface area contributed by atoms with E-state index in [1.807, 2.05) is 85.8 Å². The largest absolute Gasteiger partial charge is 0.358 e. The highest BCUT2D eigenvalue weighted by Gasteiger charge is 2.62. The number of para-hydroxylation sites is 1. The maximum Gasteiger partial charge on any atom is 0.217 e. The highest BCUT2D eigenvalue weighted by molar-refractivity contribution is 6.32. The van der Waals surface area contributed by atoms with E-state index in [1.165, 1.54) is 6.92 Å². The number of aryl methyl sites for hydroxylation is 1. The third kappa shape index (κ3) is 3.68. The van der Waals surface area contributed by atoms with Crippen molar-refractivity contribution in [1.82, 2.24) is 10.3 Å². The third-order valence-electron chi connectivity index (χ3n) is 7.34. The molecule has 2 N–H and O–H groups in total. The van der Waals surface area contributed by atoms with E-state index in [0.29, 0.717) is 6.54 Å². The molecule has 1 aromatic heterocycles. The third-order valence-corrected chi connectivity index (χ3v) is 7.34. The Kier molecular flexibility index (Phi) is 5.64. The first-order valence-corrected chi connectivity index (χ1v) is 11.9. The van der Waals surface area contributed by atoms with Crippen molar-refractivity contribution in [3.05, 3.63) is 107 Å². The Labute approximate surface area is 204 Å². The van der Waals surface area contributed by atoms with Gasteiger partial charge in [-0.05, 0) is 31.0 Å². The SMILES string of the molecule is CC(=O)NCc1c(C(c2ccccc2)C2C(=O)C(C)(c3ccc(C)cc3)C2=O)[nH]c2ccccc12. The van der Waals surface area contributed by atoms with Gasteiger partial charge in [-0.25, -0.2) is 0 Å². The van der Waals surface area contributed by atoms with Crippen LogP contribution in [-0.2, 0) is 26.3 Å². The van der Waals surface area contributed by atoms with Crippen LogP contribution in [0.3, 0.4) is 0 Å². The Balaban J connectivity index is 1.65. The van der Waals surface area contributed by atoms with Crippen molar-refractivity contribution >= 4 is 28.4 Å². The molecule has 0 bridgehead atoms. The van der Waals surface area contributed by atoms with Gasteiger partial charge >= 0.3 is 0 Å². The van der Waals surface area contributed by atoms with E-state index in [0.717, 1.165) is 38.9 Å². The number of amides is 1. The number of hydrogen-bond acceptors (Lipinski definition) is 3. The van der Waals surface area contributed by atoms with E-state index >= 15 is 0 Å². The molecule has 1 unspecified atom stereocenters. The molecule has 1 saturated carbocycles. The minimum absolute atomic E-state index is 0.0793. The zero-order valence-corrected chi connectivity index (χ0v) is 20.1. The van der Waals surface area contributed by atoms with Gasteiger partial charge in [0.2, 0.25) is 5.91 Å². The van der Waals surface area contributed by atoms with Crippen molar-refractivity contribution in [2.45, 2.75) is 38.6 Å². The lowest BCUT2D eigenvalue weighted by Crippen LogP contribution is -2.62. The predicted molar refractivity (Wildman–Crippen MR) is 136 cm³/mol. The summed E-state index contributed by atoms with van der Waals surface area (Å²) < 4.78 is 0. The second-order valence-corrected chi connectivity index (χ2v) is 9.56. The zero-order valence-electron chi connectivity index (χ0n) is 20.1. The monoisotopic (exact) mass is 464 g/mol. The molecule has 35 heavy (non-hydrogen) atoms. The number of carbonyl (C=O) groups excluding carboxylic acids is 3. The van der Waals surface area contributed by atoms with E-state index in [-0.39, 0.29) is 17.5 Å². The summed E-state index contributed by atoms with van der Waals surface area (Å²) in [5.74, 6) is -1.59. The summed E-state index contributed by atoms with van der Waals surface area (Å²) in [6.45, 7) is 5.51. The Morgan fingerprint density at radius 1 is 0.943 bits per heavy atom. The highest BCUT2D eigenvalue weighted by Crippen LogP contribution is 2.50. The smallest absolute Gasteiger partial charge is 0.217 e. The number of fused-ring (bicyclic) bond motifs is 1. The van der Waals surface area contributed by atoms with Gasteiger partial charge in [-0.1, -0.05) is 78.4 Å². The molecule has 5 nitrogen and oxygen atoms in total. The second-order valence-electron chi connectivity index (χ2n) is 9.56. The van der Waals surface area contributed by atoms with Crippen LogP contribution in [0.25, 0.3) is 10.9 Å². The predicted octanol–water partition coefficient (Wildman–Crippen LogP) is 4.97. The van der Waals surface area contributed by atoms with Crippen LogP contribution in [0.4, 0.5) is 0 Å². The number of hydrogen-bond donors (Lipinski definition) is 2. The van der Waals surface area contributed by atoms with Gasteiger partial charge in [0, 0.05) is 41.5 Å². The van der Waals surface area contributed by atoms with Crippen LogP contribution in [-0.4, -0.2) is 22.5 Å². The summed E-state index contributed by atoms with van der Waals surface area (Å²) >= 11 is 0. The van der Waals surface area contributed by atoms with E-state index in [2.05, 4.69) is 10.3 Å². The molecular formula is C30H28N2O3. The molecule has 0 aliphatic heterocycles. The molecule has 5 heteroatoms. The number of H-pyrrole nitrogens is 1. The maximum atomic E-state index is 13.9. The van der Waals surface area contributed by atoms with Crippen molar-refractivity contribution < 1.29 is 14.4 Å². The van der Waals surface area contributed by atoms with Crippen LogP contribution in [0.5, 0.6) is 0 Å². The fourth-order valence-electron chi connectivity index (χ4n) is 5.33.